The predicted octanol–water partition coefficient (Wildman–Crippen LogP) is 4.61. The topological polar surface area (TPSA) is 0 Å². The Bertz CT molecular complexity index is 152. The summed E-state index contributed by atoms with van der Waals surface area (Å²) in [5.41, 5.74) is 0. The monoisotopic (exact) mass is 268 g/mol. The minimum atomic E-state index is -4.23. The molecule has 0 aromatic heterocycles. The summed E-state index contributed by atoms with van der Waals surface area (Å²) >= 11 is 12.5. The average Bonchev–Trinajstić information content (AvgIpc) is 1.84. The lowest BCUT2D eigenvalue weighted by atomic mass is 10.8. The molecule has 0 rings (SSSR count). The quantitative estimate of drug-likeness (QED) is 0.481. The molecule has 0 saturated carbocycles. The van der Waals surface area contributed by atoms with Crippen LogP contribution in [0.15, 0.2) is 12.4 Å². The summed E-state index contributed by atoms with van der Waals surface area (Å²) in [5.74, 6) is 0. The molecule has 0 aliphatic rings. The van der Waals surface area contributed by atoms with Crippen molar-refractivity contribution in [3.63, 3.8) is 0 Å². The molecule has 80 valence electrons. The van der Waals surface area contributed by atoms with Crippen LogP contribution in [0.4, 0.5) is 26.3 Å². The third-order valence-electron chi connectivity index (χ3n) is 0.404. The summed E-state index contributed by atoms with van der Waals surface area (Å²) < 4.78 is 61.3. The number of alkyl halides is 6. The molecule has 0 bridgehead atoms. The SMILES string of the molecule is FC(F)(Cl)C(F)(Cl)Cl.FC=C(F)F. The van der Waals surface area contributed by atoms with E-state index in [4.69, 9.17) is 0 Å². The first-order valence-corrected chi connectivity index (χ1v) is 3.40. The van der Waals surface area contributed by atoms with Gasteiger partial charge in [0.25, 0.3) is 6.08 Å². The van der Waals surface area contributed by atoms with Gasteiger partial charge in [0.15, 0.2) is 6.33 Å². The van der Waals surface area contributed by atoms with E-state index in [1.54, 1.807) is 0 Å². The number of halogens is 9. The third-order valence-corrected chi connectivity index (χ3v) is 1.33. The molecule has 0 unspecified atom stereocenters. The van der Waals surface area contributed by atoms with E-state index in [9.17, 15) is 26.3 Å². The molecular formula is C4HCl3F6. The van der Waals surface area contributed by atoms with Gasteiger partial charge in [-0.15, -0.1) is 0 Å². The van der Waals surface area contributed by atoms with Crippen molar-refractivity contribution < 1.29 is 26.3 Å². The second-order valence-electron chi connectivity index (χ2n) is 1.39. The molecule has 0 radical (unpaired) electrons. The molecule has 0 atom stereocenters. The van der Waals surface area contributed by atoms with Gasteiger partial charge in [-0.3, -0.25) is 0 Å². The van der Waals surface area contributed by atoms with E-state index >= 15 is 0 Å². The Morgan fingerprint density at radius 1 is 1.00 bits per heavy atom. The highest BCUT2D eigenvalue weighted by Gasteiger charge is 2.51. The summed E-state index contributed by atoms with van der Waals surface area (Å²) in [5, 5.41) is -4.23. The highest BCUT2D eigenvalue weighted by atomic mass is 35.5. The average molecular weight is 269 g/mol. The summed E-state index contributed by atoms with van der Waals surface area (Å²) in [6.07, 6.45) is -3.04. The largest absolute Gasteiger partial charge is 0.383 e. The van der Waals surface area contributed by atoms with Gasteiger partial charge in [0.1, 0.15) is 0 Å². The lowest BCUT2D eigenvalue weighted by Crippen LogP contribution is -2.27. The van der Waals surface area contributed by atoms with E-state index in [1.165, 1.54) is 0 Å². The van der Waals surface area contributed by atoms with Gasteiger partial charge in [-0.2, -0.15) is 22.0 Å². The van der Waals surface area contributed by atoms with Crippen LogP contribution < -0.4 is 0 Å². The molecule has 0 nitrogen and oxygen atoms in total. The number of hydrogen-bond acceptors (Lipinski definition) is 0. The van der Waals surface area contributed by atoms with Crippen molar-refractivity contribution >= 4 is 34.8 Å². The number of rotatable bonds is 1. The molecule has 0 aromatic carbocycles. The van der Waals surface area contributed by atoms with Crippen molar-refractivity contribution in [1.29, 1.82) is 0 Å². The summed E-state index contributed by atoms with van der Waals surface area (Å²) in [7, 11) is 0. The van der Waals surface area contributed by atoms with Gasteiger partial charge < -0.3 is 0 Å². The minimum Gasteiger partial charge on any atom is -0.210 e. The molecule has 0 N–H and O–H groups in total. The Morgan fingerprint density at radius 3 is 1.15 bits per heavy atom. The van der Waals surface area contributed by atoms with E-state index in [-0.39, 0.29) is 0 Å². The summed E-state index contributed by atoms with van der Waals surface area (Å²) in [4.78, 5) is 0. The van der Waals surface area contributed by atoms with Gasteiger partial charge in [-0.05, 0) is 11.6 Å². The van der Waals surface area contributed by atoms with Crippen LogP contribution in [0.25, 0.3) is 0 Å². The molecule has 0 spiro atoms. The summed E-state index contributed by atoms with van der Waals surface area (Å²) in [6, 6.07) is 0. The maximum Gasteiger partial charge on any atom is 0.383 e. The Kier molecular flexibility index (Phi) is 7.01. The molecule has 9 heteroatoms. The molecule has 0 aliphatic heterocycles. The smallest absolute Gasteiger partial charge is 0.210 e. The molecule has 0 saturated heterocycles. The molecule has 0 fully saturated rings. The first-order valence-electron chi connectivity index (χ1n) is 2.27. The van der Waals surface area contributed by atoms with Gasteiger partial charge in [-0.1, -0.05) is 23.2 Å². The van der Waals surface area contributed by atoms with E-state index in [0.29, 0.717) is 0 Å². The molecule has 0 aromatic rings. The highest BCUT2D eigenvalue weighted by Crippen LogP contribution is 2.42. The van der Waals surface area contributed by atoms with Crippen molar-refractivity contribution in [3.8, 4) is 0 Å². The van der Waals surface area contributed by atoms with Crippen LogP contribution in [-0.4, -0.2) is 9.97 Å². The van der Waals surface area contributed by atoms with Crippen LogP contribution in [0.1, 0.15) is 0 Å². The minimum absolute atomic E-state index is 0.750. The van der Waals surface area contributed by atoms with E-state index in [0.717, 1.165) is 0 Å². The first-order chi connectivity index (χ1) is 5.52. The Balaban J connectivity index is 0. The Labute approximate surface area is 84.1 Å². The van der Waals surface area contributed by atoms with E-state index < -0.39 is 22.4 Å². The van der Waals surface area contributed by atoms with E-state index in [2.05, 4.69) is 34.8 Å². The zero-order chi connectivity index (χ0) is 11.3. The van der Waals surface area contributed by atoms with Gasteiger partial charge in [0.05, 0.1) is 0 Å². The normalized spacial score (nSPS) is 11.5. The predicted molar refractivity (Wildman–Crippen MR) is 37.8 cm³/mol. The highest BCUT2D eigenvalue weighted by molar-refractivity contribution is 6.51. The second-order valence-corrected chi connectivity index (χ2v) is 3.10. The van der Waals surface area contributed by atoms with Gasteiger partial charge in [0.2, 0.25) is 0 Å². The zero-order valence-corrected chi connectivity index (χ0v) is 7.75. The number of hydrogen-bond donors (Lipinski definition) is 0. The van der Waals surface area contributed by atoms with Gasteiger partial charge in [0, 0.05) is 0 Å². The van der Waals surface area contributed by atoms with Crippen molar-refractivity contribution in [2.45, 2.75) is 9.97 Å². The standard InChI is InChI=1S/C2Cl3F3.C2HF3/c3-1(4,6)2(5,7)8;3-1-2(4)5/h;1H. The third kappa shape index (κ3) is 10.1. The fourth-order valence-corrected chi connectivity index (χ4v) is 0. The van der Waals surface area contributed by atoms with Crippen LogP contribution >= 0.6 is 34.8 Å². The Morgan fingerprint density at radius 2 is 1.15 bits per heavy atom. The van der Waals surface area contributed by atoms with Gasteiger partial charge in [-0.25, -0.2) is 4.39 Å². The van der Waals surface area contributed by atoms with Crippen LogP contribution in [0.2, 0.25) is 0 Å². The summed E-state index contributed by atoms with van der Waals surface area (Å²) in [6.45, 7) is 0. The molecular weight excluding hydrogens is 268 g/mol. The first kappa shape index (κ1) is 15.7. The fraction of sp³-hybridized carbons (Fsp3) is 0.500. The van der Waals surface area contributed by atoms with Crippen LogP contribution in [0.3, 0.4) is 0 Å². The van der Waals surface area contributed by atoms with Crippen LogP contribution in [0, 0.1) is 0 Å². The van der Waals surface area contributed by atoms with Crippen molar-refractivity contribution in [1.82, 2.24) is 0 Å². The van der Waals surface area contributed by atoms with E-state index in [1.807, 2.05) is 0 Å². The maximum absolute atomic E-state index is 11.5. The zero-order valence-electron chi connectivity index (χ0n) is 5.48. The molecule has 0 aliphatic carbocycles. The Hall–Kier alpha value is 0.190. The van der Waals surface area contributed by atoms with Crippen molar-refractivity contribution in [3.05, 3.63) is 12.4 Å². The fourth-order valence-electron chi connectivity index (χ4n) is 0. The van der Waals surface area contributed by atoms with Crippen LogP contribution in [0.5, 0.6) is 0 Å². The lowest BCUT2D eigenvalue weighted by Gasteiger charge is -2.13. The lowest BCUT2D eigenvalue weighted by molar-refractivity contribution is 0.0241. The van der Waals surface area contributed by atoms with Crippen molar-refractivity contribution in [2.24, 2.45) is 0 Å². The van der Waals surface area contributed by atoms with Gasteiger partial charge >= 0.3 is 9.97 Å². The maximum atomic E-state index is 11.5. The van der Waals surface area contributed by atoms with Crippen molar-refractivity contribution in [2.75, 3.05) is 0 Å². The second kappa shape index (κ2) is 5.82. The molecule has 13 heavy (non-hydrogen) atoms. The molecule has 0 heterocycles. The molecule has 0 amide bonds. The van der Waals surface area contributed by atoms with Crippen LogP contribution in [-0.2, 0) is 0 Å².